The van der Waals surface area contributed by atoms with Crippen molar-refractivity contribution in [3.63, 3.8) is 0 Å². The van der Waals surface area contributed by atoms with Crippen LogP contribution >= 0.6 is 11.6 Å². The highest BCUT2D eigenvalue weighted by molar-refractivity contribution is 7.91. The van der Waals surface area contributed by atoms with Gasteiger partial charge in [-0.15, -0.1) is 0 Å². The Bertz CT molecular complexity index is 543. The first-order valence-electron chi connectivity index (χ1n) is 6.80. The van der Waals surface area contributed by atoms with Crippen molar-refractivity contribution in [3.05, 3.63) is 29.3 Å². The van der Waals surface area contributed by atoms with Gasteiger partial charge in [-0.25, -0.2) is 8.42 Å². The molecule has 1 rings (SSSR count). The number of benzene rings is 1. The van der Waals surface area contributed by atoms with Crippen molar-refractivity contribution in [2.24, 2.45) is 0 Å². The van der Waals surface area contributed by atoms with Crippen LogP contribution in [0, 0.1) is 0 Å². The molecule has 0 aliphatic rings. The summed E-state index contributed by atoms with van der Waals surface area (Å²) in [7, 11) is -3.30. The maximum Gasteiger partial charge on any atom is 0.305 e. The van der Waals surface area contributed by atoms with Gasteiger partial charge in [0.1, 0.15) is 0 Å². The van der Waals surface area contributed by atoms with Crippen molar-refractivity contribution in [2.75, 3.05) is 25.4 Å². The second-order valence-corrected chi connectivity index (χ2v) is 6.98. The van der Waals surface area contributed by atoms with E-state index in [0.717, 1.165) is 0 Å². The molecule has 7 heteroatoms. The summed E-state index contributed by atoms with van der Waals surface area (Å²) in [5.74, 6) is -0.221. The van der Waals surface area contributed by atoms with E-state index in [2.05, 4.69) is 5.32 Å². The van der Waals surface area contributed by atoms with Gasteiger partial charge >= 0.3 is 5.97 Å². The summed E-state index contributed by atoms with van der Waals surface area (Å²) in [6.45, 7) is 3.06. The lowest BCUT2D eigenvalue weighted by atomic mass is 10.3. The Kier molecular flexibility index (Phi) is 7.71. The van der Waals surface area contributed by atoms with Crippen LogP contribution in [0.1, 0.15) is 19.8 Å². The highest BCUT2D eigenvalue weighted by atomic mass is 35.5. The Hall–Kier alpha value is -1.11. The number of hydrogen-bond acceptors (Lipinski definition) is 5. The number of rotatable bonds is 9. The SMILES string of the molecule is CCOC(=O)CCCNCCS(=O)(=O)c1ccc(Cl)cc1. The van der Waals surface area contributed by atoms with Crippen LogP contribution in [-0.2, 0) is 19.4 Å². The molecular weight excluding hydrogens is 314 g/mol. The Morgan fingerprint density at radius 1 is 1.24 bits per heavy atom. The van der Waals surface area contributed by atoms with E-state index in [1.165, 1.54) is 12.1 Å². The minimum absolute atomic E-state index is 0.00798. The zero-order chi connectivity index (χ0) is 15.7. The van der Waals surface area contributed by atoms with Crippen LogP contribution in [0.25, 0.3) is 0 Å². The largest absolute Gasteiger partial charge is 0.466 e. The molecule has 0 unspecified atom stereocenters. The van der Waals surface area contributed by atoms with Crippen LogP contribution in [0.4, 0.5) is 0 Å². The van der Waals surface area contributed by atoms with Gasteiger partial charge < -0.3 is 10.1 Å². The maximum atomic E-state index is 12.0. The minimum atomic E-state index is -3.30. The number of halogens is 1. The molecule has 0 saturated carbocycles. The van der Waals surface area contributed by atoms with Gasteiger partial charge in [-0.1, -0.05) is 11.6 Å². The molecule has 0 atom stereocenters. The number of sulfone groups is 1. The topological polar surface area (TPSA) is 72.5 Å². The van der Waals surface area contributed by atoms with Gasteiger partial charge in [0.25, 0.3) is 0 Å². The molecule has 0 amide bonds. The van der Waals surface area contributed by atoms with E-state index in [1.807, 2.05) is 0 Å². The van der Waals surface area contributed by atoms with Gasteiger partial charge in [0.2, 0.25) is 0 Å². The predicted octanol–water partition coefficient (Wildman–Crippen LogP) is 2.05. The molecule has 0 aliphatic carbocycles. The molecule has 5 nitrogen and oxygen atoms in total. The third-order valence-electron chi connectivity index (χ3n) is 2.76. The second kappa shape index (κ2) is 9.02. The summed E-state index contributed by atoms with van der Waals surface area (Å²) in [6.07, 6.45) is 0.963. The average molecular weight is 334 g/mol. The normalized spacial score (nSPS) is 11.3. The van der Waals surface area contributed by atoms with E-state index in [9.17, 15) is 13.2 Å². The fraction of sp³-hybridized carbons (Fsp3) is 0.500. The highest BCUT2D eigenvalue weighted by Crippen LogP contribution is 2.15. The summed E-state index contributed by atoms with van der Waals surface area (Å²) < 4.78 is 28.8. The van der Waals surface area contributed by atoms with E-state index in [0.29, 0.717) is 37.6 Å². The molecule has 1 aromatic carbocycles. The van der Waals surface area contributed by atoms with E-state index in [1.54, 1.807) is 19.1 Å². The summed E-state index contributed by atoms with van der Waals surface area (Å²) in [5.41, 5.74) is 0. The first-order chi connectivity index (χ1) is 9.95. The van der Waals surface area contributed by atoms with Crippen molar-refractivity contribution >= 4 is 27.4 Å². The van der Waals surface area contributed by atoms with Gasteiger partial charge in [0, 0.05) is 18.0 Å². The summed E-state index contributed by atoms with van der Waals surface area (Å²) in [6, 6.07) is 6.11. The number of carbonyl (C=O) groups is 1. The number of esters is 1. The molecule has 0 aromatic heterocycles. The number of ether oxygens (including phenoxy) is 1. The monoisotopic (exact) mass is 333 g/mol. The molecule has 0 bridgehead atoms. The van der Waals surface area contributed by atoms with Gasteiger partial charge in [0.05, 0.1) is 17.3 Å². The van der Waals surface area contributed by atoms with E-state index in [-0.39, 0.29) is 16.6 Å². The fourth-order valence-electron chi connectivity index (χ4n) is 1.68. The fourth-order valence-corrected chi connectivity index (χ4v) is 3.01. The van der Waals surface area contributed by atoms with Crippen LogP contribution in [0.5, 0.6) is 0 Å². The van der Waals surface area contributed by atoms with E-state index >= 15 is 0 Å². The van der Waals surface area contributed by atoms with Crippen LogP contribution in [0.15, 0.2) is 29.2 Å². The summed E-state index contributed by atoms with van der Waals surface area (Å²) in [4.78, 5) is 11.4. The van der Waals surface area contributed by atoms with E-state index < -0.39 is 9.84 Å². The minimum Gasteiger partial charge on any atom is -0.466 e. The Morgan fingerprint density at radius 2 is 1.90 bits per heavy atom. The molecule has 1 aromatic rings. The average Bonchev–Trinajstić information content (AvgIpc) is 2.43. The summed E-state index contributed by atoms with van der Waals surface area (Å²) in [5, 5.41) is 3.51. The van der Waals surface area contributed by atoms with Crippen LogP contribution in [0.3, 0.4) is 0 Å². The molecule has 0 saturated heterocycles. The molecule has 1 N–H and O–H groups in total. The molecule has 0 spiro atoms. The standard InChI is InChI=1S/C14H20ClNO4S/c1-2-20-14(17)4-3-9-16-10-11-21(18,19)13-7-5-12(15)6-8-13/h5-8,16H,2-4,9-11H2,1H3. The van der Waals surface area contributed by atoms with Gasteiger partial charge in [0.15, 0.2) is 9.84 Å². The third kappa shape index (κ3) is 6.93. The molecule has 21 heavy (non-hydrogen) atoms. The highest BCUT2D eigenvalue weighted by Gasteiger charge is 2.13. The zero-order valence-corrected chi connectivity index (χ0v) is 13.5. The predicted molar refractivity (Wildman–Crippen MR) is 82.2 cm³/mol. The second-order valence-electron chi connectivity index (χ2n) is 4.43. The number of hydrogen-bond donors (Lipinski definition) is 1. The first kappa shape index (κ1) is 17.9. The van der Waals surface area contributed by atoms with Crippen LogP contribution < -0.4 is 5.32 Å². The van der Waals surface area contributed by atoms with Crippen molar-refractivity contribution in [1.29, 1.82) is 0 Å². The third-order valence-corrected chi connectivity index (χ3v) is 4.74. The lowest BCUT2D eigenvalue weighted by molar-refractivity contribution is -0.143. The molecule has 118 valence electrons. The molecule has 0 aliphatic heterocycles. The van der Waals surface area contributed by atoms with Crippen molar-refractivity contribution < 1.29 is 17.9 Å². The van der Waals surface area contributed by atoms with Crippen molar-refractivity contribution in [3.8, 4) is 0 Å². The maximum absolute atomic E-state index is 12.0. The Morgan fingerprint density at radius 3 is 2.52 bits per heavy atom. The van der Waals surface area contributed by atoms with Crippen LogP contribution in [-0.4, -0.2) is 39.8 Å². The van der Waals surface area contributed by atoms with Gasteiger partial charge in [-0.3, -0.25) is 4.79 Å². The molecule has 0 fully saturated rings. The van der Waals surface area contributed by atoms with Crippen molar-refractivity contribution in [2.45, 2.75) is 24.7 Å². The number of carbonyl (C=O) groups excluding carboxylic acids is 1. The summed E-state index contributed by atoms with van der Waals surface area (Å²) >= 11 is 5.73. The molecule has 0 radical (unpaired) electrons. The van der Waals surface area contributed by atoms with Gasteiger partial charge in [-0.2, -0.15) is 0 Å². The van der Waals surface area contributed by atoms with Gasteiger partial charge in [-0.05, 0) is 44.2 Å². The lowest BCUT2D eigenvalue weighted by Crippen LogP contribution is -2.24. The van der Waals surface area contributed by atoms with Crippen molar-refractivity contribution in [1.82, 2.24) is 5.32 Å². The Balaban J connectivity index is 2.25. The number of nitrogens with one attached hydrogen (secondary N) is 1. The quantitative estimate of drug-likeness (QED) is 0.553. The van der Waals surface area contributed by atoms with E-state index in [4.69, 9.17) is 16.3 Å². The first-order valence-corrected chi connectivity index (χ1v) is 8.83. The smallest absolute Gasteiger partial charge is 0.305 e. The Labute approximate surface area is 130 Å². The lowest BCUT2D eigenvalue weighted by Gasteiger charge is -2.06. The van der Waals surface area contributed by atoms with Crippen LogP contribution in [0.2, 0.25) is 5.02 Å². The molecular formula is C14H20ClNO4S. The molecule has 0 heterocycles. The zero-order valence-electron chi connectivity index (χ0n) is 12.0.